The first-order chi connectivity index (χ1) is 16.4. The lowest BCUT2D eigenvalue weighted by atomic mass is 10.0. The largest absolute Gasteiger partial charge is 0.368 e. The van der Waals surface area contributed by atoms with Gasteiger partial charge in [-0.3, -0.25) is 4.79 Å². The Hall–Kier alpha value is -3.78. The second kappa shape index (κ2) is 8.87. The average Bonchev–Trinajstić information content (AvgIpc) is 3.19. The summed E-state index contributed by atoms with van der Waals surface area (Å²) in [6, 6.07) is 17.7. The number of nitrogens with one attached hydrogen (secondary N) is 2. The third kappa shape index (κ3) is 4.12. The van der Waals surface area contributed by atoms with Crippen LogP contribution in [-0.4, -0.2) is 38.2 Å². The normalized spacial score (nSPS) is 15.3. The van der Waals surface area contributed by atoms with E-state index in [-0.39, 0.29) is 17.4 Å². The van der Waals surface area contributed by atoms with Crippen molar-refractivity contribution in [2.45, 2.75) is 39.4 Å². The first-order valence-electron chi connectivity index (χ1n) is 11.4. The van der Waals surface area contributed by atoms with Crippen molar-refractivity contribution < 1.29 is 4.39 Å². The Labute approximate surface area is 197 Å². The van der Waals surface area contributed by atoms with Gasteiger partial charge in [0, 0.05) is 30.3 Å². The van der Waals surface area contributed by atoms with Crippen LogP contribution in [0.2, 0.25) is 0 Å². The topological polar surface area (TPSA) is 76.8 Å². The van der Waals surface area contributed by atoms with Crippen molar-refractivity contribution in [3.05, 3.63) is 82.4 Å². The Morgan fingerprint density at radius 1 is 1.06 bits per heavy atom. The number of rotatable bonds is 5. The molecule has 0 aliphatic carbocycles. The molecule has 0 radical (unpaired) electrons. The second-order valence-electron chi connectivity index (χ2n) is 8.92. The number of fused-ring (bicyclic) bond motifs is 1. The molecule has 2 N–H and O–H groups in total. The SMILES string of the molecule is Cc1ccccc1-n1nc(-c2c(-c3ccc(F)cc3)nn3c2NCC(NC(C)C)C3)ccc1=O. The van der Waals surface area contributed by atoms with Crippen molar-refractivity contribution in [2.75, 3.05) is 11.9 Å². The van der Waals surface area contributed by atoms with Gasteiger partial charge in [-0.15, -0.1) is 0 Å². The molecule has 2 aromatic heterocycles. The van der Waals surface area contributed by atoms with Crippen LogP contribution in [0.3, 0.4) is 0 Å². The van der Waals surface area contributed by atoms with Crippen molar-refractivity contribution in [1.82, 2.24) is 24.9 Å². The molecule has 0 bridgehead atoms. The molecule has 1 aliphatic heterocycles. The number of hydrogen-bond donors (Lipinski definition) is 2. The summed E-state index contributed by atoms with van der Waals surface area (Å²) < 4.78 is 17.0. The molecule has 3 heterocycles. The van der Waals surface area contributed by atoms with Crippen LogP contribution in [0, 0.1) is 12.7 Å². The number of benzene rings is 2. The molecule has 7 nitrogen and oxygen atoms in total. The second-order valence-corrected chi connectivity index (χ2v) is 8.92. The molecule has 174 valence electrons. The molecule has 5 rings (SSSR count). The van der Waals surface area contributed by atoms with E-state index in [0.29, 0.717) is 24.0 Å². The molecule has 8 heteroatoms. The number of anilines is 1. The summed E-state index contributed by atoms with van der Waals surface area (Å²) in [7, 11) is 0. The van der Waals surface area contributed by atoms with Crippen LogP contribution in [0.4, 0.5) is 10.2 Å². The summed E-state index contributed by atoms with van der Waals surface area (Å²) in [6.07, 6.45) is 0. The average molecular weight is 459 g/mol. The zero-order valence-electron chi connectivity index (χ0n) is 19.4. The summed E-state index contributed by atoms with van der Waals surface area (Å²) in [5.74, 6) is 0.531. The Kier molecular flexibility index (Phi) is 5.75. The third-order valence-electron chi connectivity index (χ3n) is 5.95. The number of nitrogens with zero attached hydrogens (tertiary/aromatic N) is 4. The van der Waals surface area contributed by atoms with Crippen molar-refractivity contribution in [2.24, 2.45) is 0 Å². The summed E-state index contributed by atoms with van der Waals surface area (Å²) in [4.78, 5) is 12.7. The van der Waals surface area contributed by atoms with E-state index in [1.165, 1.54) is 22.9 Å². The fourth-order valence-corrected chi connectivity index (χ4v) is 4.42. The first-order valence-corrected chi connectivity index (χ1v) is 11.4. The lowest BCUT2D eigenvalue weighted by Gasteiger charge is -2.28. The van der Waals surface area contributed by atoms with Gasteiger partial charge >= 0.3 is 0 Å². The predicted molar refractivity (Wildman–Crippen MR) is 132 cm³/mol. The first kappa shape index (κ1) is 22.0. The van der Waals surface area contributed by atoms with Crippen molar-refractivity contribution in [1.29, 1.82) is 0 Å². The minimum absolute atomic E-state index is 0.212. The van der Waals surface area contributed by atoms with Crippen LogP contribution in [0.15, 0.2) is 65.5 Å². The lowest BCUT2D eigenvalue weighted by Crippen LogP contribution is -2.45. The smallest absolute Gasteiger partial charge is 0.271 e. The molecule has 34 heavy (non-hydrogen) atoms. The van der Waals surface area contributed by atoms with Gasteiger partial charge in [-0.25, -0.2) is 9.07 Å². The van der Waals surface area contributed by atoms with Crippen LogP contribution >= 0.6 is 0 Å². The molecule has 0 saturated heterocycles. The fourth-order valence-electron chi connectivity index (χ4n) is 4.42. The van der Waals surface area contributed by atoms with Crippen LogP contribution in [0.5, 0.6) is 0 Å². The van der Waals surface area contributed by atoms with Gasteiger partial charge in [0.2, 0.25) is 0 Å². The van der Waals surface area contributed by atoms with E-state index in [4.69, 9.17) is 10.2 Å². The monoisotopic (exact) mass is 458 g/mol. The number of halogens is 1. The number of aryl methyl sites for hydroxylation is 1. The zero-order valence-corrected chi connectivity index (χ0v) is 19.4. The highest BCUT2D eigenvalue weighted by molar-refractivity contribution is 5.87. The summed E-state index contributed by atoms with van der Waals surface area (Å²) in [6.45, 7) is 7.61. The molecule has 0 amide bonds. The lowest BCUT2D eigenvalue weighted by molar-refractivity contribution is 0.395. The maximum Gasteiger partial charge on any atom is 0.271 e. The number of para-hydroxylation sites is 1. The van der Waals surface area contributed by atoms with Gasteiger partial charge in [0.25, 0.3) is 5.56 Å². The molecule has 1 atom stereocenters. The Morgan fingerprint density at radius 3 is 2.56 bits per heavy atom. The van der Waals surface area contributed by atoms with E-state index in [1.807, 2.05) is 35.9 Å². The predicted octanol–water partition coefficient (Wildman–Crippen LogP) is 4.00. The van der Waals surface area contributed by atoms with Gasteiger partial charge < -0.3 is 10.6 Å². The van der Waals surface area contributed by atoms with Gasteiger partial charge in [-0.05, 0) is 48.9 Å². The molecule has 2 aromatic carbocycles. The van der Waals surface area contributed by atoms with E-state index in [2.05, 4.69) is 24.5 Å². The minimum Gasteiger partial charge on any atom is -0.368 e. The van der Waals surface area contributed by atoms with Gasteiger partial charge in [0.05, 0.1) is 23.5 Å². The van der Waals surface area contributed by atoms with Gasteiger partial charge in [0.15, 0.2) is 0 Å². The van der Waals surface area contributed by atoms with Crippen LogP contribution in [0.1, 0.15) is 19.4 Å². The van der Waals surface area contributed by atoms with Crippen LogP contribution in [0.25, 0.3) is 28.2 Å². The minimum atomic E-state index is -0.306. The van der Waals surface area contributed by atoms with E-state index in [0.717, 1.165) is 34.7 Å². The van der Waals surface area contributed by atoms with E-state index in [1.54, 1.807) is 18.2 Å². The molecular weight excluding hydrogens is 431 g/mol. The molecule has 0 fully saturated rings. The highest BCUT2D eigenvalue weighted by atomic mass is 19.1. The maximum absolute atomic E-state index is 13.7. The van der Waals surface area contributed by atoms with E-state index >= 15 is 0 Å². The molecule has 1 unspecified atom stereocenters. The number of aromatic nitrogens is 4. The van der Waals surface area contributed by atoms with Crippen molar-refractivity contribution in [3.8, 4) is 28.2 Å². The number of hydrogen-bond acceptors (Lipinski definition) is 5. The zero-order chi connectivity index (χ0) is 23.8. The molecule has 0 spiro atoms. The van der Waals surface area contributed by atoms with Crippen LogP contribution < -0.4 is 16.2 Å². The highest BCUT2D eigenvalue weighted by Gasteiger charge is 2.28. The summed E-state index contributed by atoms with van der Waals surface area (Å²) in [5, 5.41) is 16.7. The quantitative estimate of drug-likeness (QED) is 0.473. The van der Waals surface area contributed by atoms with E-state index < -0.39 is 0 Å². The third-order valence-corrected chi connectivity index (χ3v) is 5.95. The van der Waals surface area contributed by atoms with E-state index in [9.17, 15) is 9.18 Å². The summed E-state index contributed by atoms with van der Waals surface area (Å²) in [5.41, 5.74) is 4.34. The fraction of sp³-hybridized carbons (Fsp3) is 0.269. The van der Waals surface area contributed by atoms with Gasteiger partial charge in [-0.1, -0.05) is 32.0 Å². The van der Waals surface area contributed by atoms with Gasteiger partial charge in [-0.2, -0.15) is 14.9 Å². The summed E-state index contributed by atoms with van der Waals surface area (Å²) >= 11 is 0. The molecular formula is C26H27FN6O. The van der Waals surface area contributed by atoms with Crippen molar-refractivity contribution in [3.63, 3.8) is 0 Å². The Balaban J connectivity index is 1.67. The molecule has 1 aliphatic rings. The maximum atomic E-state index is 13.7. The van der Waals surface area contributed by atoms with Crippen molar-refractivity contribution >= 4 is 5.82 Å². The molecule has 4 aromatic rings. The Bertz CT molecular complexity index is 1390. The standard InChI is InChI=1S/C26H27FN6O/c1-16(2)29-20-14-28-26-24(25(31-32(26)15-20)18-8-10-19(27)11-9-18)21-12-13-23(34)33(30-21)22-7-5-4-6-17(22)3/h4-13,16,20,28-29H,14-15H2,1-3H3. The Morgan fingerprint density at radius 2 is 1.82 bits per heavy atom. The van der Waals surface area contributed by atoms with Gasteiger partial charge in [0.1, 0.15) is 17.3 Å². The highest BCUT2D eigenvalue weighted by Crippen LogP contribution is 2.38. The molecule has 0 saturated carbocycles. The van der Waals surface area contributed by atoms with Crippen LogP contribution in [-0.2, 0) is 6.54 Å².